The number of hydrogen-bond donors (Lipinski definition) is 2. The number of carbonyl (C=O) groups is 2. The van der Waals surface area contributed by atoms with E-state index in [1.54, 1.807) is 0 Å². The lowest BCUT2D eigenvalue weighted by molar-refractivity contribution is -0.272. The first kappa shape index (κ1) is 25.3. The smallest absolute Gasteiger partial charge is 0.417 e. The van der Waals surface area contributed by atoms with E-state index in [1.807, 2.05) is 0 Å². The molecule has 3 rings (SSSR count). The molecule has 1 aliphatic heterocycles. The predicted octanol–water partition coefficient (Wildman–Crippen LogP) is 3.85. The zero-order chi connectivity index (χ0) is 25.6. The van der Waals surface area contributed by atoms with E-state index in [0.29, 0.717) is 5.69 Å². The standard InChI is InChI=1S/C22H22F5N3O4/c1-9-7-11(8-14(29-9)19(28)31)30-20(32)18-15(10(2)21(3,34-18)22(25,26)27)12-5-6-13(23)16(24)17(12)33-4/h5-8,10,15,18H,1-4H3,(H2,28,31)(H,29,30,32)/t10-,15-,18-,21-/m0/s1. The van der Waals surface area contributed by atoms with Crippen molar-refractivity contribution >= 4 is 17.5 Å². The lowest BCUT2D eigenvalue weighted by Gasteiger charge is -2.32. The van der Waals surface area contributed by atoms with Crippen molar-refractivity contribution in [2.75, 3.05) is 12.4 Å². The highest BCUT2D eigenvalue weighted by atomic mass is 19.4. The van der Waals surface area contributed by atoms with Gasteiger partial charge >= 0.3 is 6.18 Å². The number of alkyl halides is 3. The van der Waals surface area contributed by atoms with Gasteiger partial charge in [0.05, 0.1) is 7.11 Å². The van der Waals surface area contributed by atoms with Crippen LogP contribution in [0.5, 0.6) is 5.75 Å². The van der Waals surface area contributed by atoms with Crippen molar-refractivity contribution in [3.8, 4) is 5.75 Å². The number of benzene rings is 1. The zero-order valence-electron chi connectivity index (χ0n) is 18.6. The van der Waals surface area contributed by atoms with E-state index in [9.17, 15) is 31.5 Å². The van der Waals surface area contributed by atoms with E-state index >= 15 is 0 Å². The second-order valence-corrected chi connectivity index (χ2v) is 8.18. The van der Waals surface area contributed by atoms with Crippen LogP contribution >= 0.6 is 0 Å². The number of nitrogens with one attached hydrogen (secondary N) is 1. The number of primary amides is 1. The second-order valence-electron chi connectivity index (χ2n) is 8.18. The molecule has 7 nitrogen and oxygen atoms in total. The fraction of sp³-hybridized carbons (Fsp3) is 0.409. The van der Waals surface area contributed by atoms with E-state index in [-0.39, 0.29) is 16.9 Å². The van der Waals surface area contributed by atoms with Crippen molar-refractivity contribution in [1.82, 2.24) is 4.98 Å². The van der Waals surface area contributed by atoms with E-state index < -0.39 is 58.9 Å². The lowest BCUT2D eigenvalue weighted by Crippen LogP contribution is -2.47. The number of rotatable bonds is 5. The van der Waals surface area contributed by atoms with Gasteiger partial charge in [0.15, 0.2) is 17.2 Å². The number of ether oxygens (including phenoxy) is 2. The molecular weight excluding hydrogens is 465 g/mol. The molecule has 3 N–H and O–H groups in total. The molecule has 0 saturated carbocycles. The summed E-state index contributed by atoms with van der Waals surface area (Å²) in [6.07, 6.45) is -6.66. The van der Waals surface area contributed by atoms with Crippen LogP contribution in [0.25, 0.3) is 0 Å². The van der Waals surface area contributed by atoms with Crippen molar-refractivity contribution in [3.63, 3.8) is 0 Å². The number of hydrogen-bond acceptors (Lipinski definition) is 5. The Hall–Kier alpha value is -3.28. The van der Waals surface area contributed by atoms with Crippen LogP contribution < -0.4 is 15.8 Å². The Labute approximate surface area is 191 Å². The molecule has 1 fully saturated rings. The summed E-state index contributed by atoms with van der Waals surface area (Å²) in [4.78, 5) is 28.5. The third kappa shape index (κ3) is 4.29. The number of nitrogens with zero attached hydrogens (tertiary/aromatic N) is 1. The van der Waals surface area contributed by atoms with Gasteiger partial charge < -0.3 is 20.5 Å². The molecule has 34 heavy (non-hydrogen) atoms. The SMILES string of the molecule is COc1c([C@H]2[C@@H](C(=O)Nc3cc(C)nc(C(N)=O)c3)O[C@](C)(C(F)(F)F)[C@H]2C)ccc(F)c1F. The molecule has 4 atom stereocenters. The van der Waals surface area contributed by atoms with Crippen molar-refractivity contribution < 1.29 is 41.0 Å². The van der Waals surface area contributed by atoms with Crippen LogP contribution in [0.1, 0.15) is 41.5 Å². The summed E-state index contributed by atoms with van der Waals surface area (Å²) in [6.45, 7) is 3.51. The van der Waals surface area contributed by atoms with E-state index in [0.717, 1.165) is 32.2 Å². The molecule has 1 saturated heterocycles. The average molecular weight is 487 g/mol. The predicted molar refractivity (Wildman–Crippen MR) is 110 cm³/mol. The number of amides is 2. The van der Waals surface area contributed by atoms with Crippen LogP contribution in [0.3, 0.4) is 0 Å². The van der Waals surface area contributed by atoms with Gasteiger partial charge in [0, 0.05) is 28.8 Å². The lowest BCUT2D eigenvalue weighted by atomic mass is 9.77. The number of carbonyl (C=O) groups excluding carboxylic acids is 2. The summed E-state index contributed by atoms with van der Waals surface area (Å²) in [7, 11) is 1.03. The maximum absolute atomic E-state index is 14.4. The molecule has 0 spiro atoms. The minimum Gasteiger partial charge on any atom is -0.493 e. The number of anilines is 1. The molecule has 0 aliphatic carbocycles. The fourth-order valence-corrected chi connectivity index (χ4v) is 4.12. The molecule has 1 aromatic heterocycles. The van der Waals surface area contributed by atoms with Crippen LogP contribution in [-0.4, -0.2) is 41.8 Å². The van der Waals surface area contributed by atoms with Crippen LogP contribution in [0.2, 0.25) is 0 Å². The van der Waals surface area contributed by atoms with E-state index in [2.05, 4.69) is 10.3 Å². The van der Waals surface area contributed by atoms with Gasteiger partial charge in [-0.3, -0.25) is 9.59 Å². The molecule has 2 amide bonds. The number of nitrogens with two attached hydrogens (primary N) is 1. The maximum Gasteiger partial charge on any atom is 0.417 e. The normalized spacial score (nSPS) is 24.7. The van der Waals surface area contributed by atoms with Crippen molar-refractivity contribution in [1.29, 1.82) is 0 Å². The summed E-state index contributed by atoms with van der Waals surface area (Å²) < 4.78 is 80.3. The highest BCUT2D eigenvalue weighted by molar-refractivity contribution is 5.97. The minimum atomic E-state index is -4.89. The first-order chi connectivity index (χ1) is 15.7. The highest BCUT2D eigenvalue weighted by Crippen LogP contribution is 2.55. The summed E-state index contributed by atoms with van der Waals surface area (Å²) in [5.74, 6) is -7.93. The third-order valence-corrected chi connectivity index (χ3v) is 6.04. The van der Waals surface area contributed by atoms with Gasteiger partial charge in [-0.15, -0.1) is 0 Å². The molecular formula is C22H22F5N3O4. The van der Waals surface area contributed by atoms with Gasteiger partial charge in [0.1, 0.15) is 11.8 Å². The van der Waals surface area contributed by atoms with E-state index in [1.165, 1.54) is 19.9 Å². The number of methoxy groups -OCH3 is 1. The topological polar surface area (TPSA) is 104 Å². The average Bonchev–Trinajstić information content (AvgIpc) is 3.01. The van der Waals surface area contributed by atoms with Gasteiger partial charge in [-0.2, -0.15) is 17.6 Å². The minimum absolute atomic E-state index is 0.0409. The quantitative estimate of drug-likeness (QED) is 0.624. The summed E-state index contributed by atoms with van der Waals surface area (Å²) >= 11 is 0. The van der Waals surface area contributed by atoms with Gasteiger partial charge in [0.25, 0.3) is 11.8 Å². The molecule has 0 radical (unpaired) electrons. The number of halogens is 5. The van der Waals surface area contributed by atoms with Gasteiger partial charge in [-0.1, -0.05) is 13.0 Å². The van der Waals surface area contributed by atoms with Crippen LogP contribution in [-0.2, 0) is 9.53 Å². The van der Waals surface area contributed by atoms with Crippen LogP contribution in [0.4, 0.5) is 27.6 Å². The molecule has 2 heterocycles. The number of aromatic nitrogens is 1. The van der Waals surface area contributed by atoms with Gasteiger partial charge in [-0.25, -0.2) is 9.37 Å². The molecule has 0 bridgehead atoms. The molecule has 12 heteroatoms. The van der Waals surface area contributed by atoms with Crippen molar-refractivity contribution in [2.45, 2.75) is 44.6 Å². The van der Waals surface area contributed by atoms with Crippen LogP contribution in [0.15, 0.2) is 24.3 Å². The van der Waals surface area contributed by atoms with Gasteiger partial charge in [0.2, 0.25) is 5.82 Å². The maximum atomic E-state index is 14.4. The molecule has 1 aliphatic rings. The zero-order valence-corrected chi connectivity index (χ0v) is 18.6. The largest absolute Gasteiger partial charge is 0.493 e. The summed E-state index contributed by atoms with van der Waals surface area (Å²) in [5, 5.41) is 2.41. The first-order valence-corrected chi connectivity index (χ1v) is 10.1. The summed E-state index contributed by atoms with van der Waals surface area (Å²) in [5.41, 5.74) is 2.45. The van der Waals surface area contributed by atoms with Crippen molar-refractivity contribution in [3.05, 3.63) is 52.9 Å². The third-order valence-electron chi connectivity index (χ3n) is 6.04. The molecule has 184 valence electrons. The Kier molecular flexibility index (Phi) is 6.57. The van der Waals surface area contributed by atoms with Crippen LogP contribution in [0, 0.1) is 24.5 Å². The summed E-state index contributed by atoms with van der Waals surface area (Å²) in [6, 6.07) is 4.33. The Balaban J connectivity index is 2.09. The second kappa shape index (κ2) is 8.82. The Morgan fingerprint density at radius 3 is 2.44 bits per heavy atom. The molecule has 1 aromatic carbocycles. The van der Waals surface area contributed by atoms with Gasteiger partial charge in [-0.05, 0) is 32.0 Å². The molecule has 0 unspecified atom stereocenters. The fourth-order valence-electron chi connectivity index (χ4n) is 4.12. The van der Waals surface area contributed by atoms with Crippen molar-refractivity contribution in [2.24, 2.45) is 11.7 Å². The number of aryl methyl sites for hydroxylation is 1. The monoisotopic (exact) mass is 487 g/mol. The Morgan fingerprint density at radius 2 is 1.88 bits per heavy atom. The molecule has 2 aromatic rings. The van der Waals surface area contributed by atoms with E-state index in [4.69, 9.17) is 15.2 Å². The highest BCUT2D eigenvalue weighted by Gasteiger charge is 2.65. The Bertz CT molecular complexity index is 1140. The Morgan fingerprint density at radius 1 is 1.24 bits per heavy atom. The first-order valence-electron chi connectivity index (χ1n) is 10.1. The number of pyridine rings is 1.